The van der Waals surface area contributed by atoms with Gasteiger partial charge in [0.05, 0.1) is 7.11 Å². The Balaban J connectivity index is 1.88. The summed E-state index contributed by atoms with van der Waals surface area (Å²) in [5.41, 5.74) is 6.43. The average Bonchev–Trinajstić information content (AvgIpc) is 3.30. The second-order valence-corrected chi connectivity index (χ2v) is 5.99. The number of nitrogens with one attached hydrogen (secondary N) is 1. The first kappa shape index (κ1) is 14.2. The number of methoxy groups -OCH3 is 1. The zero-order valence-electron chi connectivity index (χ0n) is 13.1. The van der Waals surface area contributed by atoms with Crippen LogP contribution >= 0.6 is 0 Å². The number of rotatable bonds is 5. The highest BCUT2D eigenvalue weighted by Crippen LogP contribution is 2.29. The summed E-state index contributed by atoms with van der Waals surface area (Å²) in [4.78, 5) is 0. The van der Waals surface area contributed by atoms with E-state index in [1.165, 1.54) is 40.7 Å². The fraction of sp³-hybridized carbons (Fsp3) is 0.368. The van der Waals surface area contributed by atoms with Crippen molar-refractivity contribution in [2.24, 2.45) is 0 Å². The van der Waals surface area contributed by atoms with Crippen molar-refractivity contribution in [3.8, 4) is 16.9 Å². The van der Waals surface area contributed by atoms with Crippen LogP contribution in [0.1, 0.15) is 29.5 Å². The Morgan fingerprint density at radius 1 is 1.05 bits per heavy atom. The van der Waals surface area contributed by atoms with Gasteiger partial charge in [0.1, 0.15) is 5.75 Å². The minimum Gasteiger partial charge on any atom is -0.496 e. The predicted molar refractivity (Wildman–Crippen MR) is 87.8 cm³/mol. The summed E-state index contributed by atoms with van der Waals surface area (Å²) in [5, 5.41) is 3.58. The molecule has 2 aromatic carbocycles. The molecular weight excluding hydrogens is 258 g/mol. The zero-order valence-corrected chi connectivity index (χ0v) is 13.1. The lowest BCUT2D eigenvalue weighted by Gasteiger charge is -2.12. The molecule has 0 spiro atoms. The molecule has 0 aliphatic heterocycles. The quantitative estimate of drug-likeness (QED) is 0.885. The lowest BCUT2D eigenvalue weighted by molar-refractivity contribution is 0.412. The van der Waals surface area contributed by atoms with E-state index in [0.29, 0.717) is 0 Å². The Labute approximate surface area is 127 Å². The van der Waals surface area contributed by atoms with Crippen LogP contribution in [-0.4, -0.2) is 13.2 Å². The third-order valence-corrected chi connectivity index (χ3v) is 4.18. The number of benzene rings is 2. The van der Waals surface area contributed by atoms with Crippen molar-refractivity contribution in [1.82, 2.24) is 5.32 Å². The molecule has 21 heavy (non-hydrogen) atoms. The summed E-state index contributed by atoms with van der Waals surface area (Å²) in [6.45, 7) is 5.23. The molecule has 1 N–H and O–H groups in total. The van der Waals surface area contributed by atoms with E-state index in [0.717, 1.165) is 18.3 Å². The first-order valence-corrected chi connectivity index (χ1v) is 7.65. The van der Waals surface area contributed by atoms with E-state index in [-0.39, 0.29) is 0 Å². The maximum absolute atomic E-state index is 5.35. The van der Waals surface area contributed by atoms with Gasteiger partial charge in [0, 0.05) is 12.6 Å². The van der Waals surface area contributed by atoms with Gasteiger partial charge in [-0.1, -0.05) is 18.2 Å². The van der Waals surface area contributed by atoms with E-state index in [9.17, 15) is 0 Å². The van der Waals surface area contributed by atoms with Crippen molar-refractivity contribution in [2.45, 2.75) is 39.3 Å². The highest BCUT2D eigenvalue weighted by Gasteiger charge is 2.20. The summed E-state index contributed by atoms with van der Waals surface area (Å²) in [7, 11) is 1.72. The van der Waals surface area contributed by atoms with E-state index in [1.807, 2.05) is 0 Å². The van der Waals surface area contributed by atoms with Gasteiger partial charge in [-0.2, -0.15) is 0 Å². The normalized spacial score (nSPS) is 14.2. The monoisotopic (exact) mass is 281 g/mol. The average molecular weight is 281 g/mol. The number of aryl methyl sites for hydroxylation is 2. The second-order valence-electron chi connectivity index (χ2n) is 5.99. The zero-order chi connectivity index (χ0) is 14.8. The molecule has 0 bridgehead atoms. The lowest BCUT2D eigenvalue weighted by atomic mass is 9.96. The minimum absolute atomic E-state index is 0.748. The van der Waals surface area contributed by atoms with Crippen LogP contribution in [0.3, 0.4) is 0 Å². The summed E-state index contributed by atoms with van der Waals surface area (Å²) in [6.07, 6.45) is 2.66. The molecule has 1 fully saturated rings. The second kappa shape index (κ2) is 5.90. The van der Waals surface area contributed by atoms with E-state index in [4.69, 9.17) is 4.74 Å². The largest absolute Gasteiger partial charge is 0.496 e. The van der Waals surface area contributed by atoms with Crippen LogP contribution in [0.15, 0.2) is 36.4 Å². The smallest absolute Gasteiger partial charge is 0.121 e. The standard InChI is InChI=1S/C19H23NO/c1-13-4-5-15(12-20-17-7-8-17)11-18(13)16-6-9-19(21-3)14(2)10-16/h4-6,9-11,17,20H,7-8,12H2,1-3H3. The highest BCUT2D eigenvalue weighted by molar-refractivity contribution is 5.69. The fourth-order valence-corrected chi connectivity index (χ4v) is 2.69. The van der Waals surface area contributed by atoms with Crippen molar-refractivity contribution < 1.29 is 4.74 Å². The molecule has 2 nitrogen and oxygen atoms in total. The molecule has 110 valence electrons. The molecule has 1 aliphatic rings. The van der Waals surface area contributed by atoms with Crippen LogP contribution in [0, 0.1) is 13.8 Å². The summed E-state index contributed by atoms with van der Waals surface area (Å²) >= 11 is 0. The molecule has 1 aliphatic carbocycles. The number of ether oxygens (including phenoxy) is 1. The third-order valence-electron chi connectivity index (χ3n) is 4.18. The Kier molecular flexibility index (Phi) is 3.98. The topological polar surface area (TPSA) is 21.3 Å². The van der Waals surface area contributed by atoms with Gasteiger partial charge in [-0.15, -0.1) is 0 Å². The molecule has 0 aromatic heterocycles. The van der Waals surface area contributed by atoms with E-state index < -0.39 is 0 Å². The van der Waals surface area contributed by atoms with Gasteiger partial charge in [-0.05, 0) is 72.7 Å². The van der Waals surface area contributed by atoms with Crippen molar-refractivity contribution in [2.75, 3.05) is 7.11 Å². The van der Waals surface area contributed by atoms with Crippen LogP contribution in [0.2, 0.25) is 0 Å². The molecule has 1 saturated carbocycles. The molecule has 0 amide bonds. The predicted octanol–water partition coefficient (Wildman–Crippen LogP) is 4.23. The van der Waals surface area contributed by atoms with Crippen LogP contribution in [0.25, 0.3) is 11.1 Å². The van der Waals surface area contributed by atoms with Crippen LogP contribution in [0.5, 0.6) is 5.75 Å². The minimum atomic E-state index is 0.748. The number of hydrogen-bond donors (Lipinski definition) is 1. The summed E-state index contributed by atoms with van der Waals surface area (Å²) < 4.78 is 5.35. The molecule has 0 saturated heterocycles. The maximum Gasteiger partial charge on any atom is 0.121 e. The lowest BCUT2D eigenvalue weighted by Crippen LogP contribution is -2.15. The van der Waals surface area contributed by atoms with Crippen molar-refractivity contribution >= 4 is 0 Å². The van der Waals surface area contributed by atoms with E-state index >= 15 is 0 Å². The van der Waals surface area contributed by atoms with Gasteiger partial charge in [0.15, 0.2) is 0 Å². The molecule has 2 aromatic rings. The Bertz CT molecular complexity index is 644. The Hall–Kier alpha value is -1.80. The fourth-order valence-electron chi connectivity index (χ4n) is 2.69. The number of hydrogen-bond acceptors (Lipinski definition) is 2. The van der Waals surface area contributed by atoms with Crippen molar-refractivity contribution in [1.29, 1.82) is 0 Å². The highest BCUT2D eigenvalue weighted by atomic mass is 16.5. The third kappa shape index (κ3) is 3.27. The van der Waals surface area contributed by atoms with Crippen LogP contribution in [0.4, 0.5) is 0 Å². The van der Waals surface area contributed by atoms with E-state index in [1.54, 1.807) is 7.11 Å². The van der Waals surface area contributed by atoms with Gasteiger partial charge >= 0.3 is 0 Å². The van der Waals surface area contributed by atoms with Gasteiger partial charge < -0.3 is 10.1 Å². The molecular formula is C19H23NO. The van der Waals surface area contributed by atoms with Crippen molar-refractivity contribution in [3.63, 3.8) is 0 Å². The van der Waals surface area contributed by atoms with Gasteiger partial charge in [-0.3, -0.25) is 0 Å². The molecule has 3 rings (SSSR count). The van der Waals surface area contributed by atoms with Crippen LogP contribution < -0.4 is 10.1 Å². The van der Waals surface area contributed by atoms with Crippen LogP contribution in [-0.2, 0) is 6.54 Å². The molecule has 0 heterocycles. The Morgan fingerprint density at radius 2 is 1.86 bits per heavy atom. The van der Waals surface area contributed by atoms with E-state index in [2.05, 4.69) is 55.6 Å². The molecule has 0 radical (unpaired) electrons. The van der Waals surface area contributed by atoms with Gasteiger partial charge in [0.2, 0.25) is 0 Å². The van der Waals surface area contributed by atoms with Crippen molar-refractivity contribution in [3.05, 3.63) is 53.1 Å². The van der Waals surface area contributed by atoms with Gasteiger partial charge in [-0.25, -0.2) is 0 Å². The SMILES string of the molecule is COc1ccc(-c2cc(CNC3CC3)ccc2C)cc1C. The van der Waals surface area contributed by atoms with Gasteiger partial charge in [0.25, 0.3) is 0 Å². The molecule has 0 atom stereocenters. The summed E-state index contributed by atoms with van der Waals surface area (Å²) in [5.74, 6) is 0.947. The molecule has 0 unspecified atom stereocenters. The maximum atomic E-state index is 5.35. The first-order valence-electron chi connectivity index (χ1n) is 7.65. The summed E-state index contributed by atoms with van der Waals surface area (Å²) in [6, 6.07) is 13.9. The molecule has 2 heteroatoms. The Morgan fingerprint density at radius 3 is 2.52 bits per heavy atom. The first-order chi connectivity index (χ1) is 10.2.